The summed E-state index contributed by atoms with van der Waals surface area (Å²) in [7, 11) is 0. The average Bonchev–Trinajstić information content (AvgIpc) is 3.45. The standard InChI is InChI=1S/C23H16Cl2N2O4/c1-13-7-8-14(26-22(28)19-6-3-11-30-19)12-17(13)27-23(29)20-10-9-18(31-20)15-4-2-5-16(24)21(15)25/h2-12H,1H3,(H,26,28)(H,27,29). The highest BCUT2D eigenvalue weighted by Gasteiger charge is 2.17. The predicted molar refractivity (Wildman–Crippen MR) is 120 cm³/mol. The quantitative estimate of drug-likeness (QED) is 0.353. The average molecular weight is 455 g/mol. The van der Waals surface area contributed by atoms with Gasteiger partial charge in [0, 0.05) is 16.9 Å². The number of furan rings is 2. The third-order valence-electron chi connectivity index (χ3n) is 4.54. The van der Waals surface area contributed by atoms with Gasteiger partial charge in [-0.3, -0.25) is 9.59 Å². The Morgan fingerprint density at radius 3 is 2.45 bits per heavy atom. The van der Waals surface area contributed by atoms with Crippen molar-refractivity contribution in [3.8, 4) is 11.3 Å². The number of amides is 2. The molecule has 2 aromatic carbocycles. The number of rotatable bonds is 5. The van der Waals surface area contributed by atoms with Gasteiger partial charge in [0.15, 0.2) is 11.5 Å². The number of anilines is 2. The number of aryl methyl sites for hydroxylation is 1. The van der Waals surface area contributed by atoms with Gasteiger partial charge >= 0.3 is 0 Å². The molecule has 2 aromatic heterocycles. The minimum absolute atomic E-state index is 0.107. The van der Waals surface area contributed by atoms with E-state index in [-0.39, 0.29) is 17.4 Å². The van der Waals surface area contributed by atoms with Crippen LogP contribution in [-0.4, -0.2) is 11.8 Å². The van der Waals surface area contributed by atoms with E-state index >= 15 is 0 Å². The highest BCUT2D eigenvalue weighted by atomic mass is 35.5. The van der Waals surface area contributed by atoms with Gasteiger partial charge in [0.05, 0.1) is 16.3 Å². The molecule has 0 atom stereocenters. The summed E-state index contributed by atoms with van der Waals surface area (Å²) in [5.74, 6) is -0.111. The number of benzene rings is 2. The number of hydrogen-bond acceptors (Lipinski definition) is 4. The van der Waals surface area contributed by atoms with Crippen molar-refractivity contribution in [2.75, 3.05) is 10.6 Å². The molecule has 4 rings (SSSR count). The van der Waals surface area contributed by atoms with Crippen LogP contribution in [0, 0.1) is 6.92 Å². The molecule has 0 aliphatic rings. The minimum Gasteiger partial charge on any atom is -0.459 e. The molecule has 2 N–H and O–H groups in total. The highest BCUT2D eigenvalue weighted by molar-refractivity contribution is 6.43. The zero-order chi connectivity index (χ0) is 22.0. The molecular formula is C23H16Cl2N2O4. The van der Waals surface area contributed by atoms with Gasteiger partial charge in [-0.2, -0.15) is 0 Å². The van der Waals surface area contributed by atoms with Crippen molar-refractivity contribution in [1.82, 2.24) is 0 Å². The van der Waals surface area contributed by atoms with Gasteiger partial charge in [-0.1, -0.05) is 35.3 Å². The molecule has 0 bridgehead atoms. The van der Waals surface area contributed by atoms with Crippen molar-refractivity contribution in [3.05, 3.63) is 94.1 Å². The van der Waals surface area contributed by atoms with Crippen LogP contribution in [0.15, 0.2) is 75.8 Å². The molecule has 0 aliphatic carbocycles. The van der Waals surface area contributed by atoms with Crippen molar-refractivity contribution in [2.45, 2.75) is 6.92 Å². The summed E-state index contributed by atoms with van der Waals surface area (Å²) in [5.41, 5.74) is 2.44. The Labute approximate surface area is 187 Å². The second kappa shape index (κ2) is 8.71. The van der Waals surface area contributed by atoms with Crippen molar-refractivity contribution < 1.29 is 18.4 Å². The monoisotopic (exact) mass is 454 g/mol. The number of carbonyl (C=O) groups excluding carboxylic acids is 2. The molecule has 0 aliphatic heterocycles. The molecule has 31 heavy (non-hydrogen) atoms. The molecule has 2 amide bonds. The van der Waals surface area contributed by atoms with Crippen molar-refractivity contribution in [1.29, 1.82) is 0 Å². The van der Waals surface area contributed by atoms with Gasteiger partial charge in [-0.25, -0.2) is 0 Å². The molecule has 0 spiro atoms. The Bertz CT molecular complexity index is 1260. The zero-order valence-corrected chi connectivity index (χ0v) is 17.8. The summed E-state index contributed by atoms with van der Waals surface area (Å²) < 4.78 is 10.8. The van der Waals surface area contributed by atoms with Gasteiger partial charge in [-0.05, 0) is 61.0 Å². The van der Waals surface area contributed by atoms with Crippen molar-refractivity contribution in [2.24, 2.45) is 0 Å². The fourth-order valence-electron chi connectivity index (χ4n) is 2.92. The predicted octanol–water partition coefficient (Wildman–Crippen LogP) is 6.66. The van der Waals surface area contributed by atoms with Crippen LogP contribution >= 0.6 is 23.2 Å². The summed E-state index contributed by atoms with van der Waals surface area (Å²) in [4.78, 5) is 24.9. The van der Waals surface area contributed by atoms with Gasteiger partial charge in [0.25, 0.3) is 11.8 Å². The van der Waals surface area contributed by atoms with Crippen LogP contribution in [0.5, 0.6) is 0 Å². The van der Waals surface area contributed by atoms with E-state index in [1.54, 1.807) is 60.7 Å². The number of nitrogens with one attached hydrogen (secondary N) is 2. The maximum absolute atomic E-state index is 12.7. The van der Waals surface area contributed by atoms with E-state index in [0.717, 1.165) is 5.56 Å². The van der Waals surface area contributed by atoms with E-state index in [1.165, 1.54) is 6.26 Å². The fraction of sp³-hybridized carbons (Fsp3) is 0.0435. The van der Waals surface area contributed by atoms with Crippen LogP contribution in [0.3, 0.4) is 0 Å². The molecule has 156 valence electrons. The lowest BCUT2D eigenvalue weighted by Crippen LogP contribution is -2.14. The first kappa shape index (κ1) is 20.8. The summed E-state index contributed by atoms with van der Waals surface area (Å²) in [6.07, 6.45) is 1.42. The smallest absolute Gasteiger partial charge is 0.291 e. The second-order valence-corrected chi connectivity index (χ2v) is 7.47. The van der Waals surface area contributed by atoms with Crippen LogP contribution in [0.4, 0.5) is 11.4 Å². The van der Waals surface area contributed by atoms with Crippen LogP contribution in [0.2, 0.25) is 10.0 Å². The first-order chi connectivity index (χ1) is 14.9. The van der Waals surface area contributed by atoms with Crippen molar-refractivity contribution in [3.63, 3.8) is 0 Å². The first-order valence-corrected chi connectivity index (χ1v) is 9.99. The summed E-state index contributed by atoms with van der Waals surface area (Å²) in [5, 5.41) is 6.27. The van der Waals surface area contributed by atoms with E-state index in [2.05, 4.69) is 10.6 Å². The number of halogens is 2. The lowest BCUT2D eigenvalue weighted by Gasteiger charge is -2.10. The van der Waals surface area contributed by atoms with Gasteiger partial charge in [0.1, 0.15) is 5.76 Å². The highest BCUT2D eigenvalue weighted by Crippen LogP contribution is 2.34. The third-order valence-corrected chi connectivity index (χ3v) is 5.35. The Hall–Kier alpha value is -3.48. The fourth-order valence-corrected chi connectivity index (χ4v) is 3.31. The zero-order valence-electron chi connectivity index (χ0n) is 16.2. The van der Waals surface area contributed by atoms with Crippen LogP contribution in [0.25, 0.3) is 11.3 Å². The molecular weight excluding hydrogens is 439 g/mol. The molecule has 0 saturated carbocycles. The third kappa shape index (κ3) is 4.50. The second-order valence-electron chi connectivity index (χ2n) is 6.68. The summed E-state index contributed by atoms with van der Waals surface area (Å²) in [6, 6.07) is 16.7. The van der Waals surface area contributed by atoms with Gasteiger partial charge in [0.2, 0.25) is 0 Å². The van der Waals surface area contributed by atoms with Gasteiger partial charge < -0.3 is 19.5 Å². The molecule has 0 radical (unpaired) electrons. The topological polar surface area (TPSA) is 84.5 Å². The van der Waals surface area contributed by atoms with Crippen LogP contribution in [0.1, 0.15) is 26.7 Å². The Morgan fingerprint density at radius 2 is 1.68 bits per heavy atom. The summed E-state index contributed by atoms with van der Waals surface area (Å²) in [6.45, 7) is 1.84. The molecule has 0 fully saturated rings. The largest absolute Gasteiger partial charge is 0.459 e. The molecule has 0 unspecified atom stereocenters. The van der Waals surface area contributed by atoms with Crippen LogP contribution < -0.4 is 10.6 Å². The Kier molecular flexibility index (Phi) is 5.84. The Balaban J connectivity index is 1.52. The molecule has 8 heteroatoms. The minimum atomic E-state index is -0.443. The van der Waals surface area contributed by atoms with Gasteiger partial charge in [-0.15, -0.1) is 0 Å². The lowest BCUT2D eigenvalue weighted by molar-refractivity contribution is 0.0990. The Morgan fingerprint density at radius 1 is 0.871 bits per heavy atom. The van der Waals surface area contributed by atoms with E-state index in [1.807, 2.05) is 6.92 Å². The van der Waals surface area contributed by atoms with E-state index in [9.17, 15) is 9.59 Å². The molecule has 4 aromatic rings. The molecule has 6 nitrogen and oxygen atoms in total. The SMILES string of the molecule is Cc1ccc(NC(=O)c2ccco2)cc1NC(=O)c1ccc(-c2cccc(Cl)c2Cl)o1. The van der Waals surface area contributed by atoms with Crippen molar-refractivity contribution >= 4 is 46.4 Å². The molecule has 2 heterocycles. The maximum atomic E-state index is 12.7. The van der Waals surface area contributed by atoms with E-state index in [0.29, 0.717) is 32.7 Å². The number of carbonyl (C=O) groups is 2. The van der Waals surface area contributed by atoms with E-state index in [4.69, 9.17) is 32.0 Å². The maximum Gasteiger partial charge on any atom is 0.291 e. The first-order valence-electron chi connectivity index (χ1n) is 9.23. The van der Waals surface area contributed by atoms with Crippen LogP contribution in [-0.2, 0) is 0 Å². The summed E-state index contributed by atoms with van der Waals surface area (Å²) >= 11 is 12.3. The number of hydrogen-bond donors (Lipinski definition) is 2. The van der Waals surface area contributed by atoms with E-state index < -0.39 is 5.91 Å². The lowest BCUT2D eigenvalue weighted by atomic mass is 10.1. The molecule has 0 saturated heterocycles. The normalized spacial score (nSPS) is 10.7.